The maximum atomic E-state index is 12.8. The van der Waals surface area contributed by atoms with E-state index in [1.54, 1.807) is 24.3 Å². The number of rotatable bonds is 5. The summed E-state index contributed by atoms with van der Waals surface area (Å²) in [6, 6.07) is 9.87. The molecular weight excluding hydrogens is 271 g/mol. The van der Waals surface area contributed by atoms with E-state index < -0.39 is 0 Å². The van der Waals surface area contributed by atoms with Crippen LogP contribution in [0.5, 0.6) is 0 Å². The molecule has 21 heavy (non-hydrogen) atoms. The fourth-order valence-corrected chi connectivity index (χ4v) is 1.97. The zero-order valence-corrected chi connectivity index (χ0v) is 11.7. The Labute approximate surface area is 122 Å². The minimum atomic E-state index is -0.367. The Morgan fingerprint density at radius 3 is 2.52 bits per heavy atom. The predicted octanol–water partition coefficient (Wildman–Crippen LogP) is 1.46. The highest BCUT2D eigenvalue weighted by atomic mass is 19.1. The van der Waals surface area contributed by atoms with Crippen molar-refractivity contribution in [3.05, 3.63) is 65.2 Å². The molecule has 0 spiro atoms. The number of halogens is 1. The van der Waals surface area contributed by atoms with Crippen LogP contribution in [0, 0.1) is 5.82 Å². The summed E-state index contributed by atoms with van der Waals surface area (Å²) in [5, 5.41) is 0. The van der Waals surface area contributed by atoms with Gasteiger partial charge in [0.15, 0.2) is 0 Å². The summed E-state index contributed by atoms with van der Waals surface area (Å²) in [7, 11) is 1.95. The molecule has 1 amide bonds. The van der Waals surface area contributed by atoms with Gasteiger partial charge >= 0.3 is 0 Å². The maximum absolute atomic E-state index is 12.8. The van der Waals surface area contributed by atoms with Crippen molar-refractivity contribution in [2.45, 2.75) is 13.1 Å². The topological polar surface area (TPSA) is 71.2 Å². The number of hydrazine groups is 1. The third kappa shape index (κ3) is 4.34. The lowest BCUT2D eigenvalue weighted by molar-refractivity contribution is 0.0953. The number of pyridine rings is 1. The average molecular weight is 288 g/mol. The molecule has 0 bridgehead atoms. The lowest BCUT2D eigenvalue weighted by Crippen LogP contribution is -2.30. The van der Waals surface area contributed by atoms with E-state index in [9.17, 15) is 9.18 Å². The van der Waals surface area contributed by atoms with Gasteiger partial charge in [0.25, 0.3) is 5.91 Å². The van der Waals surface area contributed by atoms with Crippen LogP contribution in [0.3, 0.4) is 0 Å². The van der Waals surface area contributed by atoms with Crippen molar-refractivity contribution in [2.24, 2.45) is 5.84 Å². The van der Waals surface area contributed by atoms with Gasteiger partial charge in [0, 0.05) is 19.3 Å². The lowest BCUT2D eigenvalue weighted by atomic mass is 10.2. The van der Waals surface area contributed by atoms with Gasteiger partial charge in [-0.2, -0.15) is 0 Å². The Kier molecular flexibility index (Phi) is 4.97. The van der Waals surface area contributed by atoms with Gasteiger partial charge in [0.1, 0.15) is 5.82 Å². The van der Waals surface area contributed by atoms with Crippen LogP contribution in [0.1, 0.15) is 21.6 Å². The van der Waals surface area contributed by atoms with E-state index in [2.05, 4.69) is 15.3 Å². The first-order valence-corrected chi connectivity index (χ1v) is 6.47. The van der Waals surface area contributed by atoms with Crippen LogP contribution in [-0.2, 0) is 13.1 Å². The van der Waals surface area contributed by atoms with Gasteiger partial charge < -0.3 is 0 Å². The summed E-state index contributed by atoms with van der Waals surface area (Å²) in [4.78, 5) is 17.6. The third-order valence-corrected chi connectivity index (χ3v) is 3.02. The van der Waals surface area contributed by atoms with Gasteiger partial charge in [-0.3, -0.25) is 20.1 Å². The number of hydrogen-bond acceptors (Lipinski definition) is 4. The minimum Gasteiger partial charge on any atom is -0.296 e. The van der Waals surface area contributed by atoms with Gasteiger partial charge in [-0.15, -0.1) is 0 Å². The molecule has 0 saturated heterocycles. The summed E-state index contributed by atoms with van der Waals surface area (Å²) in [5.41, 5.74) is 4.34. The summed E-state index contributed by atoms with van der Waals surface area (Å²) in [6.45, 7) is 1.31. The molecule has 5 nitrogen and oxygen atoms in total. The second-order valence-electron chi connectivity index (χ2n) is 4.81. The Morgan fingerprint density at radius 2 is 1.95 bits per heavy atom. The Morgan fingerprint density at radius 1 is 1.24 bits per heavy atom. The molecule has 2 aromatic rings. The number of benzene rings is 1. The minimum absolute atomic E-state index is 0.239. The fraction of sp³-hybridized carbons (Fsp3) is 0.200. The molecule has 6 heteroatoms. The molecule has 0 fully saturated rings. The van der Waals surface area contributed by atoms with Gasteiger partial charge in [-0.25, -0.2) is 10.2 Å². The zero-order valence-electron chi connectivity index (χ0n) is 11.7. The van der Waals surface area contributed by atoms with Gasteiger partial charge in [-0.05, 0) is 36.9 Å². The van der Waals surface area contributed by atoms with Crippen LogP contribution >= 0.6 is 0 Å². The highest BCUT2D eigenvalue weighted by Gasteiger charge is 2.06. The van der Waals surface area contributed by atoms with E-state index in [1.807, 2.05) is 7.05 Å². The maximum Gasteiger partial charge on any atom is 0.266 e. The summed E-state index contributed by atoms with van der Waals surface area (Å²) in [5.74, 6) is 4.45. The summed E-state index contributed by atoms with van der Waals surface area (Å²) >= 11 is 0. The zero-order chi connectivity index (χ0) is 15.2. The number of nitrogens with one attached hydrogen (secondary N) is 1. The number of hydrogen-bond donors (Lipinski definition) is 2. The van der Waals surface area contributed by atoms with Crippen LogP contribution in [0.4, 0.5) is 4.39 Å². The van der Waals surface area contributed by atoms with Gasteiger partial charge in [-0.1, -0.05) is 12.1 Å². The van der Waals surface area contributed by atoms with Gasteiger partial charge in [0.2, 0.25) is 0 Å². The SMILES string of the molecule is CN(Cc1ccc(F)cc1)Cc1ccc(C(=O)NN)cn1. The second kappa shape index (κ2) is 6.92. The van der Waals surface area contributed by atoms with Crippen molar-refractivity contribution in [3.63, 3.8) is 0 Å². The van der Waals surface area contributed by atoms with E-state index in [1.165, 1.54) is 18.3 Å². The molecule has 0 unspecified atom stereocenters. The highest BCUT2D eigenvalue weighted by molar-refractivity contribution is 5.93. The van der Waals surface area contributed by atoms with Crippen LogP contribution in [-0.4, -0.2) is 22.8 Å². The van der Waals surface area contributed by atoms with Crippen LogP contribution in [0.25, 0.3) is 0 Å². The predicted molar refractivity (Wildman–Crippen MR) is 77.5 cm³/mol. The molecule has 110 valence electrons. The van der Waals surface area contributed by atoms with E-state index in [4.69, 9.17) is 5.84 Å². The number of aromatic nitrogens is 1. The lowest BCUT2D eigenvalue weighted by Gasteiger charge is -2.16. The van der Waals surface area contributed by atoms with Crippen LogP contribution in [0.15, 0.2) is 42.6 Å². The standard InChI is InChI=1S/C15H17FN4O/c1-20(9-11-2-5-13(16)6-3-11)10-14-7-4-12(8-18-14)15(21)19-17/h2-8H,9-10,17H2,1H3,(H,19,21). The molecule has 0 aliphatic rings. The molecule has 0 aliphatic heterocycles. The van der Waals surface area contributed by atoms with Crippen molar-refractivity contribution in [3.8, 4) is 0 Å². The van der Waals surface area contributed by atoms with E-state index in [0.29, 0.717) is 18.7 Å². The third-order valence-electron chi connectivity index (χ3n) is 3.02. The number of carbonyl (C=O) groups is 1. The molecule has 0 aliphatic carbocycles. The largest absolute Gasteiger partial charge is 0.296 e. The Bertz CT molecular complexity index is 598. The summed E-state index contributed by atoms with van der Waals surface area (Å²) in [6.07, 6.45) is 1.49. The van der Waals surface area contributed by atoms with Crippen molar-refractivity contribution in [1.82, 2.24) is 15.3 Å². The first-order valence-electron chi connectivity index (χ1n) is 6.47. The van der Waals surface area contributed by atoms with Crippen molar-refractivity contribution >= 4 is 5.91 Å². The van der Waals surface area contributed by atoms with Crippen molar-refractivity contribution < 1.29 is 9.18 Å². The molecule has 0 atom stereocenters. The molecule has 1 aromatic heterocycles. The molecule has 1 aromatic carbocycles. The molecule has 3 N–H and O–H groups in total. The quantitative estimate of drug-likeness (QED) is 0.496. The summed E-state index contributed by atoms with van der Waals surface area (Å²) < 4.78 is 12.8. The molecule has 0 saturated carbocycles. The van der Waals surface area contributed by atoms with Crippen LogP contribution in [0.2, 0.25) is 0 Å². The Hall–Kier alpha value is -2.31. The van der Waals surface area contributed by atoms with Crippen molar-refractivity contribution in [2.75, 3.05) is 7.05 Å². The Balaban J connectivity index is 1.94. The van der Waals surface area contributed by atoms with E-state index in [-0.39, 0.29) is 11.7 Å². The van der Waals surface area contributed by atoms with Crippen LogP contribution < -0.4 is 11.3 Å². The molecule has 2 rings (SSSR count). The first-order chi connectivity index (χ1) is 10.1. The molecule has 1 heterocycles. The number of nitrogens with zero attached hydrogens (tertiary/aromatic N) is 2. The molecular formula is C15H17FN4O. The van der Waals surface area contributed by atoms with Gasteiger partial charge in [0.05, 0.1) is 11.3 Å². The molecule has 0 radical (unpaired) electrons. The number of nitrogen functional groups attached to an aromatic ring is 1. The second-order valence-corrected chi connectivity index (χ2v) is 4.81. The fourth-order valence-electron chi connectivity index (χ4n) is 1.97. The first kappa shape index (κ1) is 15.1. The highest BCUT2D eigenvalue weighted by Crippen LogP contribution is 2.08. The van der Waals surface area contributed by atoms with E-state index in [0.717, 1.165) is 11.3 Å². The van der Waals surface area contributed by atoms with Crippen molar-refractivity contribution in [1.29, 1.82) is 0 Å². The van der Waals surface area contributed by atoms with E-state index >= 15 is 0 Å². The number of carbonyl (C=O) groups excluding carboxylic acids is 1. The number of amides is 1. The monoisotopic (exact) mass is 288 g/mol. The number of nitrogens with two attached hydrogens (primary N) is 1. The average Bonchev–Trinajstić information content (AvgIpc) is 2.49. The normalized spacial score (nSPS) is 10.7. The smallest absolute Gasteiger partial charge is 0.266 e.